The molecular weight excluding hydrogens is 235 g/mol. The second kappa shape index (κ2) is 8.48. The molecule has 1 aromatic heterocycles. The van der Waals surface area contributed by atoms with Crippen LogP contribution in [0, 0.1) is 12.3 Å². The number of nitrogens with one attached hydrogen (secondary N) is 1. The van der Waals surface area contributed by atoms with Gasteiger partial charge in [-0.05, 0) is 0 Å². The van der Waals surface area contributed by atoms with Crippen LogP contribution in [0.4, 0.5) is 0 Å². The molecule has 0 fully saturated rings. The molecule has 1 aliphatic carbocycles. The Morgan fingerprint density at radius 3 is 2.42 bits per heavy atom. The zero-order valence-electron chi connectivity index (χ0n) is 6.73. The molecule has 2 rings (SSSR count). The zero-order chi connectivity index (χ0) is 7.78. The summed E-state index contributed by atoms with van der Waals surface area (Å²) in [7, 11) is 0. The molecule has 0 radical (unpaired) electrons. The van der Waals surface area contributed by atoms with E-state index in [1.165, 1.54) is 6.42 Å². The monoisotopic (exact) mass is 247 g/mol. The second-order valence-corrected chi connectivity index (χ2v) is 2.15. The molecule has 0 bridgehead atoms. The average molecular weight is 246 g/mol. The molecule has 0 unspecified atom stereocenters. The number of hydrogen-bond donors (Lipinski definition) is 1. The van der Waals surface area contributed by atoms with Crippen LogP contribution in [0.5, 0.6) is 0 Å². The Hall–Kier alpha value is -0.617. The van der Waals surface area contributed by atoms with Gasteiger partial charge in [-0.2, -0.15) is 24.4 Å². The number of allylic oxidation sites excluding steroid dienone is 4. The minimum absolute atomic E-state index is 0. The van der Waals surface area contributed by atoms with Crippen LogP contribution in [0.1, 0.15) is 12.8 Å². The van der Waals surface area contributed by atoms with Crippen LogP contribution in [-0.4, -0.2) is 4.98 Å². The van der Waals surface area contributed by atoms with Gasteiger partial charge in [-0.25, -0.2) is 12.2 Å². The maximum Gasteiger partial charge on any atom is 2.00 e. The number of rotatable bonds is 0. The van der Waals surface area contributed by atoms with E-state index in [0.717, 1.165) is 6.42 Å². The third kappa shape index (κ3) is 6.12. The molecule has 1 nitrogen and oxygen atoms in total. The Balaban J connectivity index is 0.000000189. The van der Waals surface area contributed by atoms with Crippen molar-refractivity contribution in [2.24, 2.45) is 0 Å². The Morgan fingerprint density at radius 1 is 1.33 bits per heavy atom. The first-order chi connectivity index (χ1) is 5.50. The summed E-state index contributed by atoms with van der Waals surface area (Å²) in [5.74, 6) is 0. The Morgan fingerprint density at radius 2 is 2.25 bits per heavy atom. The summed E-state index contributed by atoms with van der Waals surface area (Å²) in [5, 5.41) is 0. The van der Waals surface area contributed by atoms with Gasteiger partial charge in [0.25, 0.3) is 0 Å². The smallest absolute Gasteiger partial charge is 0.484 e. The third-order valence-electron chi connectivity index (χ3n) is 1.25. The van der Waals surface area contributed by atoms with E-state index in [-0.39, 0.29) is 19.5 Å². The SMILES string of the molecule is [C-]1=CC=CCC1.[Ru+2].[c-]1ccc[nH]1. The normalized spacial score (nSPS) is 12.7. The van der Waals surface area contributed by atoms with Gasteiger partial charge in [0.1, 0.15) is 0 Å². The molecule has 0 aromatic carbocycles. The molecule has 0 atom stereocenters. The van der Waals surface area contributed by atoms with Crippen LogP contribution in [0.3, 0.4) is 0 Å². The van der Waals surface area contributed by atoms with E-state index in [1.807, 2.05) is 30.5 Å². The Labute approximate surface area is 86.3 Å². The van der Waals surface area contributed by atoms with E-state index in [0.29, 0.717) is 0 Å². The minimum Gasteiger partial charge on any atom is -0.484 e. The van der Waals surface area contributed by atoms with Crippen molar-refractivity contribution in [3.8, 4) is 0 Å². The minimum atomic E-state index is 0. The molecule has 1 N–H and O–H groups in total. The molecule has 64 valence electrons. The fourth-order valence-corrected chi connectivity index (χ4v) is 0.723. The number of hydrogen-bond acceptors (Lipinski definition) is 0. The summed E-state index contributed by atoms with van der Waals surface area (Å²) >= 11 is 0. The van der Waals surface area contributed by atoms with Crippen molar-refractivity contribution in [2.75, 3.05) is 0 Å². The molecule has 0 saturated carbocycles. The van der Waals surface area contributed by atoms with E-state index in [2.05, 4.69) is 23.3 Å². The van der Waals surface area contributed by atoms with Crippen LogP contribution in [-0.2, 0) is 19.5 Å². The van der Waals surface area contributed by atoms with E-state index in [9.17, 15) is 0 Å². The van der Waals surface area contributed by atoms with Crippen LogP contribution in [0.25, 0.3) is 0 Å². The van der Waals surface area contributed by atoms with Crippen LogP contribution < -0.4 is 0 Å². The molecule has 1 aromatic rings. The van der Waals surface area contributed by atoms with Gasteiger partial charge >= 0.3 is 19.5 Å². The van der Waals surface area contributed by atoms with Gasteiger partial charge in [0.05, 0.1) is 0 Å². The predicted molar refractivity (Wildman–Crippen MR) is 45.8 cm³/mol. The summed E-state index contributed by atoms with van der Waals surface area (Å²) in [5.41, 5.74) is 0. The largest absolute Gasteiger partial charge is 2.00 e. The topological polar surface area (TPSA) is 15.8 Å². The fraction of sp³-hybridized carbons (Fsp3) is 0.200. The van der Waals surface area contributed by atoms with Gasteiger partial charge < -0.3 is 4.98 Å². The van der Waals surface area contributed by atoms with Crippen molar-refractivity contribution in [3.05, 3.63) is 48.8 Å². The summed E-state index contributed by atoms with van der Waals surface area (Å²) in [6, 6.07) is 3.71. The van der Waals surface area contributed by atoms with E-state index in [4.69, 9.17) is 0 Å². The van der Waals surface area contributed by atoms with E-state index < -0.39 is 0 Å². The van der Waals surface area contributed by atoms with Gasteiger partial charge in [0.2, 0.25) is 0 Å². The molecule has 1 heterocycles. The van der Waals surface area contributed by atoms with Crippen LogP contribution in [0.15, 0.2) is 36.6 Å². The molecule has 12 heavy (non-hydrogen) atoms. The first-order valence-corrected chi connectivity index (χ1v) is 3.71. The molecule has 2 heteroatoms. The standard InChI is InChI=1S/C6H7.C4H4N.Ru/c1-2-4-6-5-3-1;1-2-4-5-3-1;/h1-3H,4,6H2;1-3,5H;/q2*-1;+2. The number of aromatic nitrogens is 1. The maximum atomic E-state index is 3.07. The van der Waals surface area contributed by atoms with Crippen LogP contribution in [0.2, 0.25) is 0 Å². The zero-order valence-corrected chi connectivity index (χ0v) is 8.47. The van der Waals surface area contributed by atoms with Gasteiger partial charge in [-0.1, -0.05) is 6.42 Å². The van der Waals surface area contributed by atoms with Crippen molar-refractivity contribution in [2.45, 2.75) is 12.8 Å². The quantitative estimate of drug-likeness (QED) is 0.535. The third-order valence-corrected chi connectivity index (χ3v) is 1.25. The van der Waals surface area contributed by atoms with Crippen molar-refractivity contribution >= 4 is 0 Å². The summed E-state index contributed by atoms with van der Waals surface area (Å²) in [6.45, 7) is 0. The van der Waals surface area contributed by atoms with Crippen LogP contribution >= 0.6 is 0 Å². The van der Waals surface area contributed by atoms with Crippen molar-refractivity contribution in [1.29, 1.82) is 0 Å². The maximum absolute atomic E-state index is 3.07. The van der Waals surface area contributed by atoms with Crippen molar-refractivity contribution in [1.82, 2.24) is 4.98 Å². The van der Waals surface area contributed by atoms with E-state index in [1.54, 1.807) is 0 Å². The Kier molecular flexibility index (Phi) is 8.04. The van der Waals surface area contributed by atoms with Gasteiger partial charge in [-0.15, -0.1) is 12.6 Å². The summed E-state index contributed by atoms with van der Waals surface area (Å²) in [4.78, 5) is 2.74. The molecule has 0 spiro atoms. The van der Waals surface area contributed by atoms with E-state index >= 15 is 0 Å². The van der Waals surface area contributed by atoms with Gasteiger partial charge in [0, 0.05) is 0 Å². The van der Waals surface area contributed by atoms with Crippen molar-refractivity contribution in [3.63, 3.8) is 0 Å². The second-order valence-electron chi connectivity index (χ2n) is 2.15. The molecule has 0 amide bonds. The van der Waals surface area contributed by atoms with Gasteiger partial charge in [0.15, 0.2) is 0 Å². The summed E-state index contributed by atoms with van der Waals surface area (Å²) < 4.78 is 0. The predicted octanol–water partition coefficient (Wildman–Crippen LogP) is 2.51. The first-order valence-electron chi connectivity index (χ1n) is 3.71. The number of H-pyrrole nitrogens is 1. The van der Waals surface area contributed by atoms with Crippen molar-refractivity contribution < 1.29 is 19.5 Å². The molecule has 0 saturated heterocycles. The average Bonchev–Trinajstić information content (AvgIpc) is 2.64. The summed E-state index contributed by atoms with van der Waals surface area (Å²) in [6.07, 6.45) is 16.1. The molecule has 0 aliphatic heterocycles. The molecular formula is C10H11NRu. The molecule has 1 aliphatic rings. The number of aromatic amines is 1. The van der Waals surface area contributed by atoms with Gasteiger partial charge in [-0.3, -0.25) is 6.08 Å². The first kappa shape index (κ1) is 11.4. The fourth-order valence-electron chi connectivity index (χ4n) is 0.723. The Bertz CT molecular complexity index is 183.